The van der Waals surface area contributed by atoms with Crippen molar-refractivity contribution in [3.8, 4) is 11.4 Å². The highest BCUT2D eigenvalue weighted by molar-refractivity contribution is 9.10. The van der Waals surface area contributed by atoms with Crippen LogP contribution in [0.25, 0.3) is 22.3 Å². The molecule has 22 heavy (non-hydrogen) atoms. The van der Waals surface area contributed by atoms with Crippen molar-refractivity contribution >= 4 is 38.6 Å². The first-order valence-corrected chi connectivity index (χ1v) is 7.41. The number of aliphatic carboxylic acids is 1. The summed E-state index contributed by atoms with van der Waals surface area (Å²) in [5.41, 5.74) is 1.63. The Morgan fingerprint density at radius 3 is 2.64 bits per heavy atom. The summed E-state index contributed by atoms with van der Waals surface area (Å²) in [7, 11) is 0. The molecule has 0 saturated heterocycles. The molecule has 6 heteroatoms. The smallest absolute Gasteiger partial charge is 0.322 e. The molecule has 3 rings (SSSR count). The predicted molar refractivity (Wildman–Crippen MR) is 88.8 cm³/mol. The summed E-state index contributed by atoms with van der Waals surface area (Å²) >= 11 is 3.41. The van der Waals surface area contributed by atoms with Crippen molar-refractivity contribution < 1.29 is 9.90 Å². The van der Waals surface area contributed by atoms with Gasteiger partial charge < -0.3 is 10.4 Å². The minimum atomic E-state index is -0.942. The monoisotopic (exact) mass is 357 g/mol. The van der Waals surface area contributed by atoms with Crippen LogP contribution >= 0.6 is 15.9 Å². The Morgan fingerprint density at radius 2 is 1.91 bits per heavy atom. The van der Waals surface area contributed by atoms with Gasteiger partial charge in [0.1, 0.15) is 12.4 Å². The molecule has 2 aromatic carbocycles. The van der Waals surface area contributed by atoms with Crippen molar-refractivity contribution in [2.75, 3.05) is 11.9 Å². The molecule has 0 amide bonds. The summed E-state index contributed by atoms with van der Waals surface area (Å²) in [4.78, 5) is 19.8. The van der Waals surface area contributed by atoms with E-state index in [9.17, 15) is 4.79 Å². The van der Waals surface area contributed by atoms with Crippen LogP contribution < -0.4 is 5.32 Å². The van der Waals surface area contributed by atoms with Gasteiger partial charge in [-0.1, -0.05) is 46.3 Å². The lowest BCUT2D eigenvalue weighted by atomic mass is 10.2. The van der Waals surface area contributed by atoms with E-state index < -0.39 is 5.97 Å². The van der Waals surface area contributed by atoms with Crippen LogP contribution in [0.1, 0.15) is 0 Å². The number of nitrogens with zero attached hydrogens (tertiary/aromatic N) is 2. The van der Waals surface area contributed by atoms with Gasteiger partial charge in [-0.3, -0.25) is 4.79 Å². The Kier molecular flexibility index (Phi) is 4.02. The summed E-state index contributed by atoms with van der Waals surface area (Å²) < 4.78 is 0.884. The summed E-state index contributed by atoms with van der Waals surface area (Å²) in [5.74, 6) is 0.124. The number of rotatable bonds is 4. The van der Waals surface area contributed by atoms with Gasteiger partial charge in [0.05, 0.1) is 5.52 Å². The van der Waals surface area contributed by atoms with Crippen LogP contribution in [0.2, 0.25) is 0 Å². The largest absolute Gasteiger partial charge is 0.480 e. The van der Waals surface area contributed by atoms with Crippen molar-refractivity contribution in [3.05, 3.63) is 53.0 Å². The average molecular weight is 358 g/mol. The SMILES string of the molecule is O=C(O)CNc1nc(-c2ccccc2)nc2ccc(Br)cc12. The van der Waals surface area contributed by atoms with Crippen molar-refractivity contribution in [2.45, 2.75) is 0 Å². The second-order valence-electron chi connectivity index (χ2n) is 4.67. The molecule has 0 saturated carbocycles. The van der Waals surface area contributed by atoms with Gasteiger partial charge in [-0.05, 0) is 18.2 Å². The number of halogens is 1. The van der Waals surface area contributed by atoms with Crippen molar-refractivity contribution in [1.29, 1.82) is 0 Å². The topological polar surface area (TPSA) is 75.1 Å². The minimum Gasteiger partial charge on any atom is -0.480 e. The van der Waals surface area contributed by atoms with Gasteiger partial charge in [0, 0.05) is 15.4 Å². The number of carboxylic acid groups (broad SMARTS) is 1. The molecule has 0 aliphatic carbocycles. The number of fused-ring (bicyclic) bond motifs is 1. The summed E-state index contributed by atoms with van der Waals surface area (Å²) in [6, 6.07) is 15.2. The maximum Gasteiger partial charge on any atom is 0.322 e. The van der Waals surface area contributed by atoms with Crippen LogP contribution in [-0.2, 0) is 4.79 Å². The van der Waals surface area contributed by atoms with Gasteiger partial charge >= 0.3 is 5.97 Å². The molecule has 0 aliphatic heterocycles. The number of benzene rings is 2. The van der Waals surface area contributed by atoms with Gasteiger partial charge in [-0.15, -0.1) is 0 Å². The Bertz CT molecular complexity index is 837. The molecule has 0 radical (unpaired) electrons. The van der Waals surface area contributed by atoms with E-state index >= 15 is 0 Å². The molecule has 0 aliphatic rings. The van der Waals surface area contributed by atoms with E-state index in [4.69, 9.17) is 5.11 Å². The third kappa shape index (κ3) is 3.07. The molecule has 0 fully saturated rings. The van der Waals surface area contributed by atoms with Gasteiger partial charge in [-0.25, -0.2) is 9.97 Å². The maximum atomic E-state index is 10.8. The second kappa shape index (κ2) is 6.11. The molecule has 0 spiro atoms. The van der Waals surface area contributed by atoms with Gasteiger partial charge in [0.2, 0.25) is 0 Å². The molecule has 0 unspecified atom stereocenters. The normalized spacial score (nSPS) is 10.6. The van der Waals surface area contributed by atoms with Crippen LogP contribution in [0.3, 0.4) is 0 Å². The number of anilines is 1. The predicted octanol–water partition coefficient (Wildman–Crippen LogP) is 3.56. The molecular formula is C16H12BrN3O2. The van der Waals surface area contributed by atoms with E-state index in [1.54, 1.807) is 0 Å². The number of carbonyl (C=O) groups is 1. The minimum absolute atomic E-state index is 0.202. The van der Waals surface area contributed by atoms with E-state index in [0.717, 1.165) is 20.9 Å². The molecule has 0 bridgehead atoms. The highest BCUT2D eigenvalue weighted by Crippen LogP contribution is 2.27. The molecule has 1 heterocycles. The molecule has 1 aromatic heterocycles. The Morgan fingerprint density at radius 1 is 1.14 bits per heavy atom. The van der Waals surface area contributed by atoms with Crippen LogP contribution in [-0.4, -0.2) is 27.6 Å². The second-order valence-corrected chi connectivity index (χ2v) is 5.59. The zero-order valence-electron chi connectivity index (χ0n) is 11.5. The van der Waals surface area contributed by atoms with Crippen LogP contribution in [0.4, 0.5) is 5.82 Å². The van der Waals surface area contributed by atoms with Gasteiger partial charge in [0.15, 0.2) is 5.82 Å². The van der Waals surface area contributed by atoms with Crippen LogP contribution in [0, 0.1) is 0 Å². The lowest BCUT2D eigenvalue weighted by Crippen LogP contribution is -2.14. The summed E-state index contributed by atoms with van der Waals surface area (Å²) in [5, 5.41) is 12.5. The number of hydrogen-bond acceptors (Lipinski definition) is 4. The fourth-order valence-electron chi connectivity index (χ4n) is 2.11. The van der Waals surface area contributed by atoms with E-state index in [1.165, 1.54) is 0 Å². The van der Waals surface area contributed by atoms with E-state index in [0.29, 0.717) is 11.6 Å². The van der Waals surface area contributed by atoms with Crippen molar-refractivity contribution in [3.63, 3.8) is 0 Å². The first kappa shape index (κ1) is 14.5. The molecule has 2 N–H and O–H groups in total. The lowest BCUT2D eigenvalue weighted by molar-refractivity contribution is -0.134. The highest BCUT2D eigenvalue weighted by atomic mass is 79.9. The third-order valence-corrected chi connectivity index (χ3v) is 3.59. The Hall–Kier alpha value is -2.47. The summed E-state index contributed by atoms with van der Waals surface area (Å²) in [6.45, 7) is -0.202. The number of hydrogen-bond donors (Lipinski definition) is 2. The molecule has 5 nitrogen and oxygen atoms in total. The number of aromatic nitrogens is 2. The Balaban J connectivity index is 2.15. The molecule has 3 aromatic rings. The maximum absolute atomic E-state index is 10.8. The third-order valence-electron chi connectivity index (χ3n) is 3.10. The first-order valence-electron chi connectivity index (χ1n) is 6.62. The van der Waals surface area contributed by atoms with E-state index in [2.05, 4.69) is 31.2 Å². The van der Waals surface area contributed by atoms with Crippen molar-refractivity contribution in [1.82, 2.24) is 9.97 Å². The number of carboxylic acids is 1. The fourth-order valence-corrected chi connectivity index (χ4v) is 2.47. The van der Waals surface area contributed by atoms with Crippen LogP contribution in [0.15, 0.2) is 53.0 Å². The van der Waals surface area contributed by atoms with Gasteiger partial charge in [-0.2, -0.15) is 0 Å². The standard InChI is InChI=1S/C16H12BrN3O2/c17-11-6-7-13-12(8-11)16(18-9-14(21)22)20-15(19-13)10-4-2-1-3-5-10/h1-8H,9H2,(H,21,22)(H,18,19,20). The van der Waals surface area contributed by atoms with E-state index in [-0.39, 0.29) is 6.54 Å². The summed E-state index contributed by atoms with van der Waals surface area (Å²) in [6.07, 6.45) is 0. The van der Waals surface area contributed by atoms with E-state index in [1.807, 2.05) is 48.5 Å². The molecule has 0 atom stereocenters. The fraction of sp³-hybridized carbons (Fsp3) is 0.0625. The average Bonchev–Trinajstić information content (AvgIpc) is 2.53. The van der Waals surface area contributed by atoms with Gasteiger partial charge in [0.25, 0.3) is 0 Å². The first-order chi connectivity index (χ1) is 10.6. The molecular weight excluding hydrogens is 346 g/mol. The quantitative estimate of drug-likeness (QED) is 0.746. The number of nitrogens with one attached hydrogen (secondary N) is 1. The zero-order chi connectivity index (χ0) is 15.5. The molecule has 110 valence electrons. The lowest BCUT2D eigenvalue weighted by Gasteiger charge is -2.10. The Labute approximate surface area is 135 Å². The highest BCUT2D eigenvalue weighted by Gasteiger charge is 2.10. The van der Waals surface area contributed by atoms with Crippen molar-refractivity contribution in [2.24, 2.45) is 0 Å². The van der Waals surface area contributed by atoms with Crippen LogP contribution in [0.5, 0.6) is 0 Å². The zero-order valence-corrected chi connectivity index (χ0v) is 13.0.